The van der Waals surface area contributed by atoms with E-state index in [1.807, 2.05) is 0 Å². The summed E-state index contributed by atoms with van der Waals surface area (Å²) < 4.78 is 39.2. The van der Waals surface area contributed by atoms with Crippen molar-refractivity contribution in [2.75, 3.05) is 13.2 Å². The first-order valence-electron chi connectivity index (χ1n) is 18.1. The van der Waals surface area contributed by atoms with Crippen LogP contribution < -0.4 is 0 Å². The molecule has 0 bridgehead atoms. The molecule has 1 aliphatic carbocycles. The zero-order chi connectivity index (χ0) is 44.3. The number of aliphatic hydroxyl groups excluding tert-OH is 7. The zero-order valence-corrected chi connectivity index (χ0v) is 31.3. The summed E-state index contributed by atoms with van der Waals surface area (Å²) in [4.78, 5) is 35.2. The van der Waals surface area contributed by atoms with Gasteiger partial charge in [-0.15, -0.1) is 0 Å². The van der Waals surface area contributed by atoms with E-state index in [1.54, 1.807) is 0 Å². The maximum atomic E-state index is 12.5. The van der Waals surface area contributed by atoms with Crippen LogP contribution in [0.5, 0.6) is 23.0 Å². The molecule has 0 saturated carbocycles. The quantitative estimate of drug-likeness (QED) is 0.0485. The number of carbonyl (C=O) groups excluding carboxylic acids is 2. The van der Waals surface area contributed by atoms with Crippen LogP contribution in [-0.2, 0) is 47.5 Å². The van der Waals surface area contributed by atoms with Crippen molar-refractivity contribution in [2.24, 2.45) is 0 Å². The van der Waals surface area contributed by atoms with Crippen LogP contribution in [-0.4, -0.2) is 160 Å². The number of aliphatic hydroxyl groups is 7. The van der Waals surface area contributed by atoms with E-state index in [0.29, 0.717) is 5.56 Å². The number of phenolic OH excluding ortho intramolecular Hbond substituents is 4. The number of esters is 2. The van der Waals surface area contributed by atoms with E-state index >= 15 is 0 Å². The second kappa shape index (κ2) is 18.5. The van der Waals surface area contributed by atoms with Crippen molar-refractivity contribution in [3.63, 3.8) is 0 Å². The number of carboxylic acids is 1. The topological polar surface area (TPSA) is 359 Å². The largest absolute Gasteiger partial charge is 0.508 e. The van der Waals surface area contributed by atoms with E-state index in [9.17, 15) is 70.6 Å². The Labute approximate surface area is 343 Å². The van der Waals surface area contributed by atoms with Gasteiger partial charge in [-0.05, 0) is 42.0 Å². The third-order valence-electron chi connectivity index (χ3n) is 9.50. The van der Waals surface area contributed by atoms with Gasteiger partial charge < -0.3 is 94.4 Å². The Bertz CT molecular complexity index is 2120. The number of rotatable bonds is 13. The van der Waals surface area contributed by atoms with E-state index < -0.39 is 134 Å². The van der Waals surface area contributed by atoms with Crippen LogP contribution in [0.15, 0.2) is 83.6 Å². The molecular formula is C39H40O22. The summed E-state index contributed by atoms with van der Waals surface area (Å²) in [5.74, 6) is -7.79. The highest BCUT2D eigenvalue weighted by molar-refractivity contribution is 5.90. The molecule has 11 atom stereocenters. The van der Waals surface area contributed by atoms with Crippen LogP contribution in [0.2, 0.25) is 0 Å². The predicted molar refractivity (Wildman–Crippen MR) is 197 cm³/mol. The summed E-state index contributed by atoms with van der Waals surface area (Å²) in [5.41, 5.74) is 0.304. The first-order chi connectivity index (χ1) is 28.9. The summed E-state index contributed by atoms with van der Waals surface area (Å²) in [7, 11) is 0. The molecule has 1 unspecified atom stereocenters. The van der Waals surface area contributed by atoms with Crippen LogP contribution in [0.1, 0.15) is 17.5 Å². The second-order valence-electron chi connectivity index (χ2n) is 13.9. The Morgan fingerprint density at radius 3 is 1.87 bits per heavy atom. The molecule has 2 aromatic carbocycles. The van der Waals surface area contributed by atoms with Gasteiger partial charge in [-0.25, -0.2) is 4.79 Å². The number of aromatic hydroxyl groups is 4. The lowest BCUT2D eigenvalue weighted by Crippen LogP contribution is -2.59. The van der Waals surface area contributed by atoms with Crippen LogP contribution in [0.4, 0.5) is 0 Å². The highest BCUT2D eigenvalue weighted by Gasteiger charge is 2.48. The molecule has 2 fully saturated rings. The molecule has 2 saturated heterocycles. The standard InChI is InChI=1S/C39H40O22/c40-17-4-1-15(2-5-17)3-6-28(46)55-13-25-31(49)34(52)36(54)39(61-25)59-24-11-19-22(57-37(24)16-7-20(42)30(48)21(43)8-16)9-18(41)10-23(19)58-38-35(53)33(51)32(50)26(60-38)14-56-29(47)12-27(44)45/h1-11,22,25-26,31-36,38-43,48-54H,12-14H2,(H,44,45)/b6-3+/t22?,25-,26-,31-,32-,33+,34+,35-,36-,38-,39-/m1/s1. The van der Waals surface area contributed by atoms with Crippen LogP contribution in [0.3, 0.4) is 0 Å². The van der Waals surface area contributed by atoms with E-state index in [0.717, 1.165) is 30.4 Å². The Morgan fingerprint density at radius 2 is 1.28 bits per heavy atom. The molecule has 22 nitrogen and oxygen atoms in total. The first kappa shape index (κ1) is 44.2. The summed E-state index contributed by atoms with van der Waals surface area (Å²) in [6.07, 6.45) is -15.1. The van der Waals surface area contributed by atoms with Gasteiger partial charge in [0.25, 0.3) is 0 Å². The average molecular weight is 861 g/mol. The molecule has 61 heavy (non-hydrogen) atoms. The number of allylic oxidation sites excluding steroid dienone is 2. The molecule has 22 heteroatoms. The minimum Gasteiger partial charge on any atom is -0.508 e. The van der Waals surface area contributed by atoms with Crippen molar-refractivity contribution < 1.29 is 109 Å². The normalized spacial score (nSPS) is 29.9. The number of aliphatic carboxylic acids is 1. The molecule has 328 valence electrons. The molecule has 3 heterocycles. The van der Waals surface area contributed by atoms with Crippen molar-refractivity contribution in [1.29, 1.82) is 0 Å². The minimum atomic E-state index is -2.01. The lowest BCUT2D eigenvalue weighted by Gasteiger charge is -2.42. The molecule has 3 aliphatic heterocycles. The predicted octanol–water partition coefficient (Wildman–Crippen LogP) is -1.23. The fourth-order valence-corrected chi connectivity index (χ4v) is 6.29. The maximum Gasteiger partial charge on any atom is 0.330 e. The van der Waals surface area contributed by atoms with Gasteiger partial charge in [0.05, 0.1) is 0 Å². The van der Waals surface area contributed by atoms with Gasteiger partial charge in [0.1, 0.15) is 91.8 Å². The Kier molecular flexibility index (Phi) is 13.4. The molecule has 2 aromatic rings. The van der Waals surface area contributed by atoms with Crippen LogP contribution in [0, 0.1) is 0 Å². The van der Waals surface area contributed by atoms with Gasteiger partial charge in [0.15, 0.2) is 28.8 Å². The Morgan fingerprint density at radius 1 is 0.705 bits per heavy atom. The fraction of sp³-hybridized carbons (Fsp3) is 0.359. The summed E-state index contributed by atoms with van der Waals surface area (Å²) >= 11 is 0. The van der Waals surface area contributed by atoms with Gasteiger partial charge in [-0.2, -0.15) is 0 Å². The van der Waals surface area contributed by atoms with Gasteiger partial charge in [-0.3, -0.25) is 9.59 Å². The van der Waals surface area contributed by atoms with E-state index in [4.69, 9.17) is 38.3 Å². The van der Waals surface area contributed by atoms with Crippen molar-refractivity contribution in [2.45, 2.75) is 73.9 Å². The number of phenols is 4. The molecular weight excluding hydrogens is 820 g/mol. The summed E-state index contributed by atoms with van der Waals surface area (Å²) in [6, 6.07) is 7.72. The Balaban J connectivity index is 1.27. The van der Waals surface area contributed by atoms with Gasteiger partial charge in [0.2, 0.25) is 12.6 Å². The van der Waals surface area contributed by atoms with Crippen LogP contribution in [0.25, 0.3) is 11.8 Å². The van der Waals surface area contributed by atoms with Crippen molar-refractivity contribution in [3.05, 3.63) is 94.7 Å². The molecule has 0 radical (unpaired) electrons. The molecule has 0 amide bonds. The minimum absolute atomic E-state index is 0.00349. The maximum absolute atomic E-state index is 12.5. The molecule has 6 rings (SSSR count). The second-order valence-corrected chi connectivity index (χ2v) is 13.9. The third kappa shape index (κ3) is 10.2. The highest BCUT2D eigenvalue weighted by atomic mass is 16.7. The van der Waals surface area contributed by atoms with E-state index in [1.165, 1.54) is 36.4 Å². The SMILES string of the molecule is O=C(O)CC(=O)OC[C@H]1O[C@@H](OC2=CC(O)=CC3OC(c4cc(O)c(O)c(O)c4)=C(O[C@@H]4O[C@H](COC(=O)/C=C/c5ccc(O)cc5)[C@@H](O)[C@H](O)[C@H]4O)C=C23)[C@H](O)[C@@H](O)[C@@H]1O. The van der Waals surface area contributed by atoms with Gasteiger partial charge >= 0.3 is 17.9 Å². The third-order valence-corrected chi connectivity index (χ3v) is 9.50. The number of ether oxygens (including phenoxy) is 7. The fourth-order valence-electron chi connectivity index (χ4n) is 6.29. The summed E-state index contributed by atoms with van der Waals surface area (Å²) in [5, 5.41) is 124. The number of carboxylic acid groups (broad SMARTS) is 1. The Hall–Kier alpha value is -6.37. The number of fused-ring (bicyclic) bond motifs is 1. The molecule has 4 aliphatic rings. The monoisotopic (exact) mass is 860 g/mol. The lowest BCUT2D eigenvalue weighted by atomic mass is 9.96. The van der Waals surface area contributed by atoms with E-state index in [2.05, 4.69) is 0 Å². The number of hydrogen-bond donors (Lipinski definition) is 12. The highest BCUT2D eigenvalue weighted by Crippen LogP contribution is 2.43. The smallest absolute Gasteiger partial charge is 0.330 e. The number of hydrogen-bond acceptors (Lipinski definition) is 21. The van der Waals surface area contributed by atoms with Crippen molar-refractivity contribution >= 4 is 29.7 Å². The number of benzene rings is 2. The number of carbonyl (C=O) groups is 3. The van der Waals surface area contributed by atoms with E-state index in [-0.39, 0.29) is 28.4 Å². The first-order valence-corrected chi connectivity index (χ1v) is 18.1. The summed E-state index contributed by atoms with van der Waals surface area (Å²) in [6.45, 7) is -1.46. The van der Waals surface area contributed by atoms with Gasteiger partial charge in [-0.1, -0.05) is 12.1 Å². The van der Waals surface area contributed by atoms with Crippen molar-refractivity contribution in [1.82, 2.24) is 0 Å². The van der Waals surface area contributed by atoms with Gasteiger partial charge in [0, 0.05) is 29.4 Å². The zero-order valence-electron chi connectivity index (χ0n) is 31.3. The lowest BCUT2D eigenvalue weighted by molar-refractivity contribution is -0.292. The molecule has 0 aromatic heterocycles. The molecule has 12 N–H and O–H groups in total. The average Bonchev–Trinajstić information content (AvgIpc) is 3.21. The van der Waals surface area contributed by atoms with Crippen molar-refractivity contribution in [3.8, 4) is 23.0 Å². The van der Waals surface area contributed by atoms with Crippen LogP contribution >= 0.6 is 0 Å². The molecule has 0 spiro atoms.